The number of ether oxygens (including phenoxy) is 1. The van der Waals surface area contributed by atoms with Gasteiger partial charge in [-0.05, 0) is 69.3 Å². The van der Waals surface area contributed by atoms with Crippen molar-refractivity contribution in [3.05, 3.63) is 77.4 Å². The highest BCUT2D eigenvalue weighted by Crippen LogP contribution is 2.33. The van der Waals surface area contributed by atoms with Gasteiger partial charge in [0.25, 0.3) is 0 Å². The third kappa shape index (κ3) is 5.80. The predicted octanol–water partition coefficient (Wildman–Crippen LogP) is 5.22. The molecule has 0 bridgehead atoms. The van der Waals surface area contributed by atoms with Crippen LogP contribution in [0.25, 0.3) is 10.9 Å². The number of carbonyl (C=O) groups is 1. The van der Waals surface area contributed by atoms with Crippen molar-refractivity contribution in [2.75, 3.05) is 38.5 Å². The average Bonchev–Trinajstić information content (AvgIpc) is 2.87. The van der Waals surface area contributed by atoms with Gasteiger partial charge >= 0.3 is 0 Å². The van der Waals surface area contributed by atoms with E-state index in [4.69, 9.17) is 9.72 Å². The predicted molar refractivity (Wildman–Crippen MR) is 149 cm³/mol. The van der Waals surface area contributed by atoms with Gasteiger partial charge in [0, 0.05) is 49.2 Å². The largest absolute Gasteiger partial charge is 0.496 e. The van der Waals surface area contributed by atoms with Crippen molar-refractivity contribution in [3.63, 3.8) is 0 Å². The molecule has 0 spiro atoms. The highest BCUT2D eigenvalue weighted by molar-refractivity contribution is 5.92. The third-order valence-electron chi connectivity index (χ3n) is 6.38. The molecule has 0 saturated heterocycles. The Kier molecular flexibility index (Phi) is 7.57. The molecule has 0 saturated carbocycles. The molecule has 0 aliphatic heterocycles. The molecular weight excluding hydrogens is 464 g/mol. The summed E-state index contributed by atoms with van der Waals surface area (Å²) in [5.41, 5.74) is 5.55. The second-order valence-electron chi connectivity index (χ2n) is 9.41. The number of methoxy groups -OCH3 is 1. The number of hydrogen-bond acceptors (Lipinski definition) is 7. The minimum Gasteiger partial charge on any atom is -0.496 e. The second-order valence-corrected chi connectivity index (χ2v) is 9.41. The number of hydrogen-bond donors (Lipinski definition) is 1. The summed E-state index contributed by atoms with van der Waals surface area (Å²) in [5, 5.41) is 4.46. The normalized spacial score (nSPS) is 11.8. The molecule has 2 aromatic heterocycles. The van der Waals surface area contributed by atoms with Crippen LogP contribution in [0.4, 0.5) is 17.2 Å². The number of nitrogens with one attached hydrogen (secondary N) is 1. The van der Waals surface area contributed by atoms with Crippen molar-refractivity contribution >= 4 is 34.0 Å². The van der Waals surface area contributed by atoms with Gasteiger partial charge in [0.15, 0.2) is 0 Å². The highest BCUT2D eigenvalue weighted by atomic mass is 16.5. The molecule has 37 heavy (non-hydrogen) atoms. The first-order chi connectivity index (χ1) is 17.7. The zero-order valence-electron chi connectivity index (χ0n) is 22.5. The van der Waals surface area contributed by atoms with Gasteiger partial charge in [0.1, 0.15) is 17.4 Å². The van der Waals surface area contributed by atoms with E-state index >= 15 is 0 Å². The standard InChI is InChI=1S/C29H34N6O2/c1-18-9-8-10-25(30-18)19(2)31-29-24-17-23(11-13-26(24)32-20(3)33-29)35(6)22-12-14-27(37-7)21(15-22)16-28(36)34(4)5/h8-15,17,19H,16H2,1-7H3,(H,31,32,33)/t19-/m1/s1. The van der Waals surface area contributed by atoms with Crippen molar-refractivity contribution in [1.29, 1.82) is 0 Å². The van der Waals surface area contributed by atoms with Gasteiger partial charge in [-0.15, -0.1) is 0 Å². The molecule has 0 unspecified atom stereocenters. The topological polar surface area (TPSA) is 83.5 Å². The van der Waals surface area contributed by atoms with E-state index in [-0.39, 0.29) is 18.4 Å². The number of benzene rings is 2. The monoisotopic (exact) mass is 498 g/mol. The van der Waals surface area contributed by atoms with E-state index in [9.17, 15) is 4.79 Å². The van der Waals surface area contributed by atoms with Crippen molar-refractivity contribution < 1.29 is 9.53 Å². The molecule has 0 fully saturated rings. The maximum absolute atomic E-state index is 12.4. The lowest BCUT2D eigenvalue weighted by molar-refractivity contribution is -0.127. The van der Waals surface area contributed by atoms with Crippen molar-refractivity contribution in [3.8, 4) is 5.75 Å². The van der Waals surface area contributed by atoms with Crippen LogP contribution in [0.15, 0.2) is 54.6 Å². The maximum atomic E-state index is 12.4. The molecule has 192 valence electrons. The van der Waals surface area contributed by atoms with Crippen molar-refractivity contribution in [2.45, 2.75) is 33.2 Å². The molecular formula is C29H34N6O2. The number of carbonyl (C=O) groups excluding carboxylic acids is 1. The van der Waals surface area contributed by atoms with Gasteiger partial charge in [-0.1, -0.05) is 6.07 Å². The summed E-state index contributed by atoms with van der Waals surface area (Å²) in [5.74, 6) is 2.18. The Bertz CT molecular complexity index is 1440. The molecule has 4 rings (SSSR count). The Hall–Kier alpha value is -4.20. The van der Waals surface area contributed by atoms with Crippen LogP contribution < -0.4 is 15.0 Å². The highest BCUT2D eigenvalue weighted by Gasteiger charge is 2.16. The zero-order valence-corrected chi connectivity index (χ0v) is 22.5. The SMILES string of the molecule is COc1ccc(N(C)c2ccc3nc(C)nc(N[C@H](C)c4cccc(C)n4)c3c2)cc1CC(=O)N(C)C. The smallest absolute Gasteiger partial charge is 0.226 e. The summed E-state index contributed by atoms with van der Waals surface area (Å²) in [4.78, 5) is 30.1. The van der Waals surface area contributed by atoms with E-state index in [1.807, 2.05) is 69.4 Å². The zero-order chi connectivity index (χ0) is 26.7. The fourth-order valence-electron chi connectivity index (χ4n) is 4.22. The Morgan fingerprint density at radius 2 is 1.70 bits per heavy atom. The Labute approximate surface area is 218 Å². The van der Waals surface area contributed by atoms with E-state index < -0.39 is 0 Å². The molecule has 2 aromatic carbocycles. The summed E-state index contributed by atoms with van der Waals surface area (Å²) in [6.45, 7) is 5.96. The van der Waals surface area contributed by atoms with Crippen LogP contribution in [0.5, 0.6) is 5.75 Å². The first-order valence-corrected chi connectivity index (χ1v) is 12.3. The van der Waals surface area contributed by atoms with Gasteiger partial charge in [-0.25, -0.2) is 9.97 Å². The summed E-state index contributed by atoms with van der Waals surface area (Å²) in [6, 6.07) is 18.0. The third-order valence-corrected chi connectivity index (χ3v) is 6.38. The van der Waals surface area contributed by atoms with Gasteiger partial charge in [-0.3, -0.25) is 9.78 Å². The Morgan fingerprint density at radius 3 is 2.41 bits per heavy atom. The number of nitrogens with zero attached hydrogens (tertiary/aromatic N) is 5. The minimum atomic E-state index is -0.0304. The molecule has 8 heteroatoms. The summed E-state index contributed by atoms with van der Waals surface area (Å²) < 4.78 is 5.51. The van der Waals surface area contributed by atoms with Crippen LogP contribution in [0.2, 0.25) is 0 Å². The molecule has 0 aliphatic carbocycles. The van der Waals surface area contributed by atoms with E-state index in [2.05, 4.69) is 33.2 Å². The van der Waals surface area contributed by atoms with Gasteiger partial charge in [0.2, 0.25) is 5.91 Å². The van der Waals surface area contributed by atoms with Crippen LogP contribution in [0, 0.1) is 13.8 Å². The van der Waals surface area contributed by atoms with Gasteiger partial charge < -0.3 is 19.9 Å². The molecule has 1 atom stereocenters. The van der Waals surface area contributed by atoms with E-state index in [1.54, 1.807) is 26.1 Å². The quantitative estimate of drug-likeness (QED) is 0.356. The number of fused-ring (bicyclic) bond motifs is 1. The van der Waals surface area contributed by atoms with Crippen LogP contribution in [0.1, 0.15) is 35.7 Å². The number of likely N-dealkylation sites (N-methyl/N-ethyl adjacent to an activating group) is 1. The number of anilines is 3. The second kappa shape index (κ2) is 10.8. The Balaban J connectivity index is 1.69. The van der Waals surface area contributed by atoms with Gasteiger partial charge in [-0.2, -0.15) is 0 Å². The van der Waals surface area contributed by atoms with Crippen LogP contribution >= 0.6 is 0 Å². The van der Waals surface area contributed by atoms with E-state index in [1.165, 1.54) is 0 Å². The van der Waals surface area contributed by atoms with Crippen molar-refractivity contribution in [1.82, 2.24) is 19.9 Å². The lowest BCUT2D eigenvalue weighted by atomic mass is 10.1. The number of rotatable bonds is 8. The van der Waals surface area contributed by atoms with Crippen LogP contribution in [0.3, 0.4) is 0 Å². The first-order valence-electron chi connectivity index (χ1n) is 12.3. The van der Waals surface area contributed by atoms with E-state index in [0.717, 1.165) is 45.0 Å². The molecule has 8 nitrogen and oxygen atoms in total. The number of aryl methyl sites for hydroxylation is 2. The van der Waals surface area contributed by atoms with E-state index in [0.29, 0.717) is 11.6 Å². The minimum absolute atomic E-state index is 0.0178. The van der Waals surface area contributed by atoms with Crippen LogP contribution in [-0.4, -0.2) is 54.0 Å². The summed E-state index contributed by atoms with van der Waals surface area (Å²) >= 11 is 0. The first kappa shape index (κ1) is 25.9. The maximum Gasteiger partial charge on any atom is 0.226 e. The summed E-state index contributed by atoms with van der Waals surface area (Å²) in [6.07, 6.45) is 0.266. The fraction of sp³-hybridized carbons (Fsp3) is 0.310. The Morgan fingerprint density at radius 1 is 0.973 bits per heavy atom. The number of pyridine rings is 1. The lowest BCUT2D eigenvalue weighted by Gasteiger charge is -2.23. The van der Waals surface area contributed by atoms with Gasteiger partial charge in [0.05, 0.1) is 30.8 Å². The molecule has 1 N–H and O–H groups in total. The molecule has 0 radical (unpaired) electrons. The van der Waals surface area contributed by atoms with Crippen LogP contribution in [-0.2, 0) is 11.2 Å². The number of aromatic nitrogens is 3. The lowest BCUT2D eigenvalue weighted by Crippen LogP contribution is -2.23. The number of amides is 1. The molecule has 0 aliphatic rings. The molecule has 4 aromatic rings. The average molecular weight is 499 g/mol. The molecule has 1 amide bonds. The van der Waals surface area contributed by atoms with Crippen molar-refractivity contribution in [2.24, 2.45) is 0 Å². The molecule has 2 heterocycles. The fourth-order valence-corrected chi connectivity index (χ4v) is 4.22. The summed E-state index contributed by atoms with van der Waals surface area (Å²) in [7, 11) is 7.13.